The number of hydrogen-bond donors (Lipinski definition) is 2. The second kappa shape index (κ2) is 6.87. The van der Waals surface area contributed by atoms with E-state index in [0.717, 1.165) is 21.3 Å². The molecule has 2 atom stereocenters. The van der Waals surface area contributed by atoms with Crippen molar-refractivity contribution in [2.24, 2.45) is 11.7 Å². The highest BCUT2D eigenvalue weighted by Gasteiger charge is 2.22. The quantitative estimate of drug-likeness (QED) is 0.877. The lowest BCUT2D eigenvalue weighted by Crippen LogP contribution is -2.30. The van der Waals surface area contributed by atoms with Crippen LogP contribution in [0.25, 0.3) is 0 Å². The van der Waals surface area contributed by atoms with Gasteiger partial charge in [0.2, 0.25) is 5.91 Å². The Hall–Kier alpha value is -1.65. The zero-order chi connectivity index (χ0) is 15.4. The summed E-state index contributed by atoms with van der Waals surface area (Å²) in [7, 11) is 0. The maximum absolute atomic E-state index is 12.4. The Bertz CT molecular complexity index is 628. The molecule has 1 amide bonds. The molecule has 0 aliphatic heterocycles. The predicted molar refractivity (Wildman–Crippen MR) is 90.0 cm³/mol. The molecule has 2 rings (SSSR count). The molecule has 0 saturated heterocycles. The number of aryl methyl sites for hydroxylation is 1. The first-order chi connectivity index (χ1) is 9.99. The Morgan fingerprint density at radius 2 is 1.86 bits per heavy atom. The maximum atomic E-state index is 12.4. The van der Waals surface area contributed by atoms with Crippen molar-refractivity contribution >= 4 is 27.5 Å². The van der Waals surface area contributed by atoms with Crippen molar-refractivity contribution in [3.63, 3.8) is 0 Å². The fourth-order valence-corrected chi connectivity index (χ4v) is 2.69. The third-order valence-electron chi connectivity index (χ3n) is 3.52. The smallest absolute Gasteiger partial charge is 0.229 e. The van der Waals surface area contributed by atoms with Crippen LogP contribution in [0.4, 0.5) is 5.69 Å². The molecule has 0 bridgehead atoms. The SMILES string of the molecule is Cc1ccc(NC(=O)C(C)C(N)c2ccccc2)c(Br)c1. The van der Waals surface area contributed by atoms with Crippen LogP contribution in [0, 0.1) is 12.8 Å². The highest BCUT2D eigenvalue weighted by molar-refractivity contribution is 9.10. The second-order valence-electron chi connectivity index (χ2n) is 5.20. The standard InChI is InChI=1S/C17H19BrN2O/c1-11-8-9-15(14(18)10-11)20-17(21)12(2)16(19)13-6-4-3-5-7-13/h3-10,12,16H,19H2,1-2H3,(H,20,21). The molecule has 3 nitrogen and oxygen atoms in total. The van der Waals surface area contributed by atoms with E-state index in [-0.39, 0.29) is 17.9 Å². The van der Waals surface area contributed by atoms with Gasteiger partial charge in [-0.15, -0.1) is 0 Å². The van der Waals surface area contributed by atoms with Gasteiger partial charge < -0.3 is 11.1 Å². The van der Waals surface area contributed by atoms with Gasteiger partial charge in [0.1, 0.15) is 0 Å². The van der Waals surface area contributed by atoms with Crippen LogP contribution in [0.2, 0.25) is 0 Å². The number of nitrogens with two attached hydrogens (primary N) is 1. The van der Waals surface area contributed by atoms with Gasteiger partial charge in [-0.2, -0.15) is 0 Å². The molecule has 0 fully saturated rings. The zero-order valence-electron chi connectivity index (χ0n) is 12.1. The molecular formula is C17H19BrN2O. The molecule has 2 aromatic carbocycles. The van der Waals surface area contributed by atoms with E-state index in [1.165, 1.54) is 0 Å². The van der Waals surface area contributed by atoms with Crippen molar-refractivity contribution in [2.45, 2.75) is 19.9 Å². The average molecular weight is 347 g/mol. The van der Waals surface area contributed by atoms with Gasteiger partial charge >= 0.3 is 0 Å². The van der Waals surface area contributed by atoms with E-state index in [1.54, 1.807) is 0 Å². The number of rotatable bonds is 4. The van der Waals surface area contributed by atoms with Gasteiger partial charge in [0.05, 0.1) is 11.6 Å². The van der Waals surface area contributed by atoms with Crippen LogP contribution in [0.3, 0.4) is 0 Å². The summed E-state index contributed by atoms with van der Waals surface area (Å²) in [6.45, 7) is 3.85. The van der Waals surface area contributed by atoms with Gasteiger partial charge in [0, 0.05) is 10.5 Å². The van der Waals surface area contributed by atoms with Crippen molar-refractivity contribution in [3.8, 4) is 0 Å². The molecule has 0 aliphatic rings. The zero-order valence-corrected chi connectivity index (χ0v) is 13.7. The molecule has 0 aromatic heterocycles. The summed E-state index contributed by atoms with van der Waals surface area (Å²) in [5.41, 5.74) is 9.04. The first-order valence-corrected chi connectivity index (χ1v) is 7.66. The minimum Gasteiger partial charge on any atom is -0.325 e. The predicted octanol–water partition coefficient (Wildman–Crippen LogP) is 4.03. The number of anilines is 1. The molecule has 0 spiro atoms. The fourth-order valence-electron chi connectivity index (χ4n) is 2.10. The molecule has 0 heterocycles. The molecule has 3 N–H and O–H groups in total. The molecule has 110 valence electrons. The lowest BCUT2D eigenvalue weighted by atomic mass is 9.94. The molecule has 4 heteroatoms. The van der Waals surface area contributed by atoms with E-state index in [2.05, 4.69) is 21.2 Å². The Morgan fingerprint density at radius 3 is 2.48 bits per heavy atom. The van der Waals surface area contributed by atoms with E-state index < -0.39 is 0 Å². The number of benzene rings is 2. The van der Waals surface area contributed by atoms with E-state index in [9.17, 15) is 4.79 Å². The molecule has 2 unspecified atom stereocenters. The summed E-state index contributed by atoms with van der Waals surface area (Å²) < 4.78 is 0.872. The van der Waals surface area contributed by atoms with Gasteiger partial charge in [-0.05, 0) is 46.1 Å². The van der Waals surface area contributed by atoms with E-state index in [1.807, 2.05) is 62.4 Å². The topological polar surface area (TPSA) is 55.1 Å². The van der Waals surface area contributed by atoms with E-state index >= 15 is 0 Å². The van der Waals surface area contributed by atoms with Crippen LogP contribution in [-0.4, -0.2) is 5.91 Å². The van der Waals surface area contributed by atoms with Crippen LogP contribution in [0.5, 0.6) is 0 Å². The van der Waals surface area contributed by atoms with Crippen LogP contribution < -0.4 is 11.1 Å². The highest BCUT2D eigenvalue weighted by atomic mass is 79.9. The summed E-state index contributed by atoms with van der Waals surface area (Å²) >= 11 is 3.46. The Labute approximate surface area is 133 Å². The normalized spacial score (nSPS) is 13.5. The summed E-state index contributed by atoms with van der Waals surface area (Å²) in [6.07, 6.45) is 0. The summed E-state index contributed by atoms with van der Waals surface area (Å²) in [4.78, 5) is 12.4. The Morgan fingerprint density at radius 1 is 1.19 bits per heavy atom. The number of nitrogens with one attached hydrogen (secondary N) is 1. The van der Waals surface area contributed by atoms with E-state index in [0.29, 0.717) is 0 Å². The van der Waals surface area contributed by atoms with Gasteiger partial charge in [0.25, 0.3) is 0 Å². The highest BCUT2D eigenvalue weighted by Crippen LogP contribution is 2.26. The van der Waals surface area contributed by atoms with Crippen molar-refractivity contribution in [1.29, 1.82) is 0 Å². The van der Waals surface area contributed by atoms with Gasteiger partial charge in [0.15, 0.2) is 0 Å². The van der Waals surface area contributed by atoms with Crippen molar-refractivity contribution < 1.29 is 4.79 Å². The summed E-state index contributed by atoms with van der Waals surface area (Å²) in [5, 5.41) is 2.92. The number of carbonyl (C=O) groups is 1. The fraction of sp³-hybridized carbons (Fsp3) is 0.235. The molecule has 21 heavy (non-hydrogen) atoms. The third-order valence-corrected chi connectivity index (χ3v) is 4.18. The number of hydrogen-bond acceptors (Lipinski definition) is 2. The van der Waals surface area contributed by atoms with Crippen molar-refractivity contribution in [3.05, 3.63) is 64.1 Å². The Kier molecular flexibility index (Phi) is 5.15. The maximum Gasteiger partial charge on any atom is 0.229 e. The first-order valence-electron chi connectivity index (χ1n) is 6.86. The van der Waals surface area contributed by atoms with Crippen LogP contribution in [0.1, 0.15) is 24.1 Å². The van der Waals surface area contributed by atoms with Crippen molar-refractivity contribution in [2.75, 3.05) is 5.32 Å². The van der Waals surface area contributed by atoms with Crippen LogP contribution in [-0.2, 0) is 4.79 Å². The van der Waals surface area contributed by atoms with Crippen molar-refractivity contribution in [1.82, 2.24) is 0 Å². The van der Waals surface area contributed by atoms with E-state index in [4.69, 9.17) is 5.73 Å². The lowest BCUT2D eigenvalue weighted by molar-refractivity contribution is -0.120. The van der Waals surface area contributed by atoms with Gasteiger partial charge in [-0.3, -0.25) is 4.79 Å². The lowest BCUT2D eigenvalue weighted by Gasteiger charge is -2.20. The summed E-state index contributed by atoms with van der Waals surface area (Å²) in [5.74, 6) is -0.406. The molecule has 0 radical (unpaired) electrons. The molecule has 2 aromatic rings. The number of halogens is 1. The average Bonchev–Trinajstić information content (AvgIpc) is 2.49. The summed E-state index contributed by atoms with van der Waals surface area (Å²) in [6, 6.07) is 15.2. The van der Waals surface area contributed by atoms with Crippen LogP contribution >= 0.6 is 15.9 Å². The van der Waals surface area contributed by atoms with Crippen LogP contribution in [0.15, 0.2) is 53.0 Å². The molecule has 0 aliphatic carbocycles. The Balaban J connectivity index is 2.09. The largest absolute Gasteiger partial charge is 0.325 e. The monoisotopic (exact) mass is 346 g/mol. The minimum atomic E-state index is -0.324. The second-order valence-corrected chi connectivity index (χ2v) is 6.05. The minimum absolute atomic E-state index is 0.0871. The van der Waals surface area contributed by atoms with Gasteiger partial charge in [-0.1, -0.05) is 43.3 Å². The number of amides is 1. The van der Waals surface area contributed by atoms with Gasteiger partial charge in [-0.25, -0.2) is 0 Å². The molecule has 0 saturated carbocycles. The number of carbonyl (C=O) groups excluding carboxylic acids is 1. The first kappa shape index (κ1) is 15.7. The third kappa shape index (κ3) is 3.93. The molecular weight excluding hydrogens is 328 g/mol.